The minimum absolute atomic E-state index is 0.0318. The van der Waals surface area contributed by atoms with Gasteiger partial charge in [-0.1, -0.05) is 24.3 Å². The lowest BCUT2D eigenvalue weighted by molar-refractivity contribution is -0.124. The van der Waals surface area contributed by atoms with Crippen LogP contribution < -0.4 is 10.1 Å². The highest BCUT2D eigenvalue weighted by Gasteiger charge is 2.34. The van der Waals surface area contributed by atoms with Crippen molar-refractivity contribution in [2.24, 2.45) is 0 Å². The van der Waals surface area contributed by atoms with Gasteiger partial charge in [-0.15, -0.1) is 11.3 Å². The Morgan fingerprint density at radius 3 is 2.71 bits per heavy atom. The number of carbonyl (C=O) groups is 1. The molecule has 2 heterocycles. The van der Waals surface area contributed by atoms with Gasteiger partial charge in [0.15, 0.2) is 6.61 Å². The van der Waals surface area contributed by atoms with E-state index in [1.165, 1.54) is 23.9 Å². The number of hydrogen-bond donors (Lipinski definition) is 2. The number of hydrogen-bond acceptors (Lipinski definition) is 5. The Balaban J connectivity index is 1.63. The summed E-state index contributed by atoms with van der Waals surface area (Å²) in [7, 11) is 0. The molecule has 0 aliphatic heterocycles. The van der Waals surface area contributed by atoms with E-state index in [1.807, 2.05) is 35.7 Å². The van der Waals surface area contributed by atoms with Crippen molar-refractivity contribution in [2.45, 2.75) is 5.60 Å². The van der Waals surface area contributed by atoms with Crippen LogP contribution in [0.25, 0.3) is 0 Å². The van der Waals surface area contributed by atoms with Gasteiger partial charge in [0.25, 0.3) is 5.91 Å². The van der Waals surface area contributed by atoms with Crippen LogP contribution in [0.1, 0.15) is 10.4 Å². The lowest BCUT2D eigenvalue weighted by Crippen LogP contribution is -2.42. The molecule has 3 rings (SSSR count). The predicted octanol–water partition coefficient (Wildman–Crippen LogP) is 2.77. The van der Waals surface area contributed by atoms with Crippen molar-refractivity contribution in [3.05, 3.63) is 76.9 Å². The van der Waals surface area contributed by atoms with E-state index in [0.29, 0.717) is 11.3 Å². The average Bonchev–Trinajstić information content (AvgIpc) is 3.32. The first-order valence-corrected chi connectivity index (χ1v) is 8.30. The Bertz CT molecular complexity index is 719. The third kappa shape index (κ3) is 3.67. The van der Waals surface area contributed by atoms with E-state index in [9.17, 15) is 9.90 Å². The molecule has 0 saturated carbocycles. The fraction of sp³-hybridized carbons (Fsp3) is 0.167. The number of carbonyl (C=O) groups excluding carboxylic acids is 1. The van der Waals surface area contributed by atoms with Crippen LogP contribution >= 0.6 is 11.3 Å². The molecule has 1 unspecified atom stereocenters. The van der Waals surface area contributed by atoms with Crippen molar-refractivity contribution in [3.8, 4) is 5.75 Å². The van der Waals surface area contributed by atoms with Gasteiger partial charge in [0.1, 0.15) is 11.4 Å². The van der Waals surface area contributed by atoms with Crippen LogP contribution in [0.4, 0.5) is 0 Å². The Kier molecular flexibility index (Phi) is 4.98. The summed E-state index contributed by atoms with van der Waals surface area (Å²) in [5.74, 6) is 0.313. The molecule has 6 heteroatoms. The molecule has 0 fully saturated rings. The normalized spacial score (nSPS) is 13.2. The second kappa shape index (κ2) is 7.33. The van der Waals surface area contributed by atoms with Gasteiger partial charge in [0.2, 0.25) is 0 Å². The summed E-state index contributed by atoms with van der Waals surface area (Å²) in [5.41, 5.74) is -0.738. The summed E-state index contributed by atoms with van der Waals surface area (Å²) in [5, 5.41) is 15.7. The molecule has 0 bridgehead atoms. The third-order valence-corrected chi connectivity index (χ3v) is 4.60. The largest absolute Gasteiger partial charge is 0.484 e. The average molecular weight is 343 g/mol. The van der Waals surface area contributed by atoms with Crippen molar-refractivity contribution in [2.75, 3.05) is 13.2 Å². The lowest BCUT2D eigenvalue weighted by Gasteiger charge is -2.26. The van der Waals surface area contributed by atoms with E-state index in [4.69, 9.17) is 9.15 Å². The zero-order chi connectivity index (χ0) is 16.8. The molecule has 5 nitrogen and oxygen atoms in total. The van der Waals surface area contributed by atoms with Crippen molar-refractivity contribution in [1.29, 1.82) is 0 Å². The van der Waals surface area contributed by atoms with Gasteiger partial charge < -0.3 is 19.6 Å². The van der Waals surface area contributed by atoms with Crippen LogP contribution in [0.3, 0.4) is 0 Å². The molecule has 3 aromatic rings. The standard InChI is InChI=1S/C18H17NO4S/c20-17(12-23-15-5-2-1-3-6-15)19-13-18(21,14-8-9-22-11-14)16-7-4-10-24-16/h1-11,21H,12-13H2,(H,19,20). The van der Waals surface area contributed by atoms with Crippen molar-refractivity contribution in [3.63, 3.8) is 0 Å². The molecule has 2 N–H and O–H groups in total. The van der Waals surface area contributed by atoms with Gasteiger partial charge in [-0.3, -0.25) is 4.79 Å². The second-order valence-electron chi connectivity index (χ2n) is 5.23. The SMILES string of the molecule is O=C(COc1ccccc1)NCC(O)(c1ccoc1)c1cccs1. The third-order valence-electron chi connectivity index (χ3n) is 3.58. The summed E-state index contributed by atoms with van der Waals surface area (Å²) in [6.07, 6.45) is 2.97. The molecule has 124 valence electrons. The fourth-order valence-corrected chi connectivity index (χ4v) is 3.13. The van der Waals surface area contributed by atoms with Gasteiger partial charge in [-0.2, -0.15) is 0 Å². The summed E-state index contributed by atoms with van der Waals surface area (Å²) >= 11 is 1.42. The lowest BCUT2D eigenvalue weighted by atomic mass is 9.94. The Hall–Kier alpha value is -2.57. The van der Waals surface area contributed by atoms with E-state index in [0.717, 1.165) is 4.88 Å². The summed E-state index contributed by atoms with van der Waals surface area (Å²) in [6.45, 7) is -0.0834. The van der Waals surface area contributed by atoms with Crippen molar-refractivity contribution in [1.82, 2.24) is 5.32 Å². The molecule has 24 heavy (non-hydrogen) atoms. The molecule has 1 amide bonds. The monoisotopic (exact) mass is 343 g/mol. The number of nitrogens with one attached hydrogen (secondary N) is 1. The number of aliphatic hydroxyl groups is 1. The van der Waals surface area contributed by atoms with E-state index >= 15 is 0 Å². The zero-order valence-corrected chi connectivity index (χ0v) is 13.7. The van der Waals surface area contributed by atoms with Crippen molar-refractivity contribution < 1.29 is 19.1 Å². The topological polar surface area (TPSA) is 71.7 Å². The Morgan fingerprint density at radius 2 is 2.04 bits per heavy atom. The van der Waals surface area contributed by atoms with Crippen LogP contribution in [0, 0.1) is 0 Å². The number of furan rings is 1. The van der Waals surface area contributed by atoms with Crippen LogP contribution in [0.5, 0.6) is 5.75 Å². The minimum Gasteiger partial charge on any atom is -0.484 e. The molecule has 0 aliphatic carbocycles. The maximum absolute atomic E-state index is 12.0. The number of para-hydroxylation sites is 1. The highest BCUT2D eigenvalue weighted by Crippen LogP contribution is 2.32. The van der Waals surface area contributed by atoms with E-state index in [-0.39, 0.29) is 19.1 Å². The maximum atomic E-state index is 12.0. The summed E-state index contributed by atoms with van der Waals surface area (Å²) in [6, 6.07) is 14.5. The molecule has 0 radical (unpaired) electrons. The highest BCUT2D eigenvalue weighted by atomic mass is 32.1. The van der Waals surface area contributed by atoms with Crippen LogP contribution in [0.2, 0.25) is 0 Å². The number of amides is 1. The smallest absolute Gasteiger partial charge is 0.258 e. The molecule has 0 aliphatic rings. The first-order chi connectivity index (χ1) is 11.7. The quantitative estimate of drug-likeness (QED) is 0.692. The summed E-state index contributed by atoms with van der Waals surface area (Å²) < 4.78 is 10.5. The predicted molar refractivity (Wildman–Crippen MR) is 91.0 cm³/mol. The van der Waals surface area contributed by atoms with E-state index in [2.05, 4.69) is 5.32 Å². The summed E-state index contributed by atoms with van der Waals surface area (Å²) in [4.78, 5) is 12.8. The van der Waals surface area contributed by atoms with E-state index < -0.39 is 5.60 Å². The van der Waals surface area contributed by atoms with Crippen molar-refractivity contribution >= 4 is 17.2 Å². The van der Waals surface area contributed by atoms with Crippen LogP contribution in [0.15, 0.2) is 70.9 Å². The number of thiophene rings is 1. The zero-order valence-electron chi connectivity index (χ0n) is 12.8. The number of benzene rings is 1. The van der Waals surface area contributed by atoms with Gasteiger partial charge >= 0.3 is 0 Å². The van der Waals surface area contributed by atoms with Gasteiger partial charge in [-0.25, -0.2) is 0 Å². The van der Waals surface area contributed by atoms with E-state index in [1.54, 1.807) is 18.2 Å². The molecular formula is C18H17NO4S. The van der Waals surface area contributed by atoms with Gasteiger partial charge in [0, 0.05) is 10.4 Å². The molecule has 1 atom stereocenters. The van der Waals surface area contributed by atoms with Crippen LogP contribution in [-0.4, -0.2) is 24.2 Å². The second-order valence-corrected chi connectivity index (χ2v) is 6.18. The maximum Gasteiger partial charge on any atom is 0.258 e. The molecule has 0 spiro atoms. The Labute approximate surface area is 143 Å². The first kappa shape index (κ1) is 16.3. The number of rotatable bonds is 7. The van der Waals surface area contributed by atoms with Gasteiger partial charge in [0.05, 0.1) is 19.1 Å². The minimum atomic E-state index is -1.33. The first-order valence-electron chi connectivity index (χ1n) is 7.42. The fourth-order valence-electron chi connectivity index (χ4n) is 2.29. The molecule has 2 aromatic heterocycles. The highest BCUT2D eigenvalue weighted by molar-refractivity contribution is 7.10. The van der Waals surface area contributed by atoms with Gasteiger partial charge in [-0.05, 0) is 29.6 Å². The Morgan fingerprint density at radius 1 is 1.21 bits per heavy atom. The number of ether oxygens (including phenoxy) is 1. The van der Waals surface area contributed by atoms with Crippen LogP contribution in [-0.2, 0) is 10.4 Å². The molecule has 0 saturated heterocycles. The molecule has 1 aromatic carbocycles. The molecular weight excluding hydrogens is 326 g/mol.